The number of aromatic nitrogens is 3. The van der Waals surface area contributed by atoms with Gasteiger partial charge in [-0.25, -0.2) is 0 Å². The van der Waals surface area contributed by atoms with Crippen LogP contribution in [0.2, 0.25) is 5.02 Å². The number of nitrogens with zero attached hydrogens (tertiary/aromatic N) is 3. The number of H-pyrrole nitrogens is 1. The molecule has 28 heavy (non-hydrogen) atoms. The minimum absolute atomic E-state index is 0.0273. The molecule has 7 heteroatoms. The predicted octanol–water partition coefficient (Wildman–Crippen LogP) is 3.71. The number of halogens is 1. The number of hydrogen-bond acceptors (Lipinski definition) is 4. The van der Waals surface area contributed by atoms with Crippen LogP contribution in [-0.2, 0) is 6.42 Å². The number of carbonyl (C=O) groups excluding carboxylic acids is 1. The van der Waals surface area contributed by atoms with Crippen molar-refractivity contribution in [3.05, 3.63) is 76.8 Å². The average Bonchev–Trinajstić information content (AvgIpc) is 3.39. The molecule has 0 saturated carbocycles. The lowest BCUT2D eigenvalue weighted by Gasteiger charge is -2.15. The molecule has 144 valence electrons. The van der Waals surface area contributed by atoms with Crippen LogP contribution in [0.15, 0.2) is 54.9 Å². The maximum Gasteiger partial charge on any atom is 0.255 e. The zero-order valence-corrected chi connectivity index (χ0v) is 16.1. The van der Waals surface area contributed by atoms with E-state index in [0.29, 0.717) is 35.9 Å². The van der Waals surface area contributed by atoms with E-state index in [2.05, 4.69) is 21.2 Å². The molecule has 1 amide bonds. The van der Waals surface area contributed by atoms with Crippen LogP contribution in [0.25, 0.3) is 0 Å². The molecule has 2 aromatic heterocycles. The van der Waals surface area contributed by atoms with Crippen molar-refractivity contribution in [2.75, 3.05) is 19.7 Å². The van der Waals surface area contributed by atoms with Crippen molar-refractivity contribution in [2.24, 2.45) is 0 Å². The Morgan fingerprint density at radius 2 is 2.18 bits per heavy atom. The summed E-state index contributed by atoms with van der Waals surface area (Å²) in [7, 11) is 0. The third kappa shape index (κ3) is 4.17. The molecule has 4 rings (SSSR count). The van der Waals surface area contributed by atoms with Crippen molar-refractivity contribution in [1.82, 2.24) is 20.1 Å². The molecule has 0 spiro atoms. The molecular formula is C21H21ClN4O2. The Bertz CT molecular complexity index is 944. The predicted molar refractivity (Wildman–Crippen MR) is 107 cm³/mol. The Labute approximate surface area is 168 Å². The van der Waals surface area contributed by atoms with E-state index in [1.54, 1.807) is 24.5 Å². The van der Waals surface area contributed by atoms with Crippen LogP contribution in [0, 0.1) is 0 Å². The highest BCUT2D eigenvalue weighted by atomic mass is 35.5. The van der Waals surface area contributed by atoms with Crippen LogP contribution in [0.4, 0.5) is 0 Å². The molecule has 1 fully saturated rings. The third-order valence-corrected chi connectivity index (χ3v) is 5.23. The molecule has 1 N–H and O–H groups in total. The van der Waals surface area contributed by atoms with Crippen LogP contribution in [0.1, 0.15) is 34.1 Å². The van der Waals surface area contributed by atoms with Gasteiger partial charge in [0.1, 0.15) is 5.75 Å². The molecule has 0 aliphatic carbocycles. The number of nitrogens with one attached hydrogen (secondary N) is 1. The minimum atomic E-state index is 0.0273. The number of likely N-dealkylation sites (tertiary alicyclic amines) is 1. The van der Waals surface area contributed by atoms with Gasteiger partial charge in [0.05, 0.1) is 22.9 Å². The number of ether oxygens (including phenoxy) is 1. The van der Waals surface area contributed by atoms with Gasteiger partial charge in [0.2, 0.25) is 0 Å². The van der Waals surface area contributed by atoms with Crippen LogP contribution < -0.4 is 4.74 Å². The fourth-order valence-corrected chi connectivity index (χ4v) is 3.60. The summed E-state index contributed by atoms with van der Waals surface area (Å²) in [5.74, 6) is 0.957. The van der Waals surface area contributed by atoms with Crippen molar-refractivity contribution >= 4 is 17.5 Å². The van der Waals surface area contributed by atoms with E-state index in [1.807, 2.05) is 29.2 Å². The van der Waals surface area contributed by atoms with Gasteiger partial charge in [-0.05, 0) is 36.8 Å². The third-order valence-electron chi connectivity index (χ3n) is 4.92. The second kappa shape index (κ2) is 8.44. The molecule has 1 aromatic carbocycles. The number of carbonyl (C=O) groups is 1. The second-order valence-corrected chi connectivity index (χ2v) is 7.23. The number of pyridine rings is 1. The van der Waals surface area contributed by atoms with Gasteiger partial charge in [-0.2, -0.15) is 5.10 Å². The van der Waals surface area contributed by atoms with Crippen molar-refractivity contribution in [1.29, 1.82) is 0 Å². The average molecular weight is 397 g/mol. The minimum Gasteiger partial charge on any atom is -0.492 e. The first-order valence-electron chi connectivity index (χ1n) is 9.31. The number of amides is 1. The summed E-state index contributed by atoms with van der Waals surface area (Å²) in [6, 6.07) is 13.1. The number of hydrogen-bond donors (Lipinski definition) is 1. The van der Waals surface area contributed by atoms with E-state index in [-0.39, 0.29) is 11.8 Å². The van der Waals surface area contributed by atoms with Gasteiger partial charge in [-0.15, -0.1) is 0 Å². The monoisotopic (exact) mass is 396 g/mol. The molecule has 1 saturated heterocycles. The molecule has 0 bridgehead atoms. The fourth-order valence-electron chi connectivity index (χ4n) is 3.41. The summed E-state index contributed by atoms with van der Waals surface area (Å²) in [6.07, 6.45) is 4.90. The summed E-state index contributed by atoms with van der Waals surface area (Å²) in [4.78, 5) is 18.5. The van der Waals surface area contributed by atoms with Gasteiger partial charge in [-0.3, -0.25) is 14.9 Å². The SMILES string of the molecule is O=C(c1cccnc1)N1CC[C@H](c2cc(CCOc3ccccc3Cl)[nH]n2)C1. The van der Waals surface area contributed by atoms with Crippen molar-refractivity contribution < 1.29 is 9.53 Å². The van der Waals surface area contributed by atoms with E-state index in [4.69, 9.17) is 16.3 Å². The van der Waals surface area contributed by atoms with Crippen molar-refractivity contribution in [3.63, 3.8) is 0 Å². The smallest absolute Gasteiger partial charge is 0.255 e. The fraction of sp³-hybridized carbons (Fsp3) is 0.286. The molecule has 1 aliphatic heterocycles. The van der Waals surface area contributed by atoms with Crippen LogP contribution >= 0.6 is 11.6 Å². The zero-order chi connectivity index (χ0) is 19.3. The number of benzene rings is 1. The first-order chi connectivity index (χ1) is 13.7. The van der Waals surface area contributed by atoms with Gasteiger partial charge >= 0.3 is 0 Å². The van der Waals surface area contributed by atoms with Gasteiger partial charge in [0.25, 0.3) is 5.91 Å². The van der Waals surface area contributed by atoms with E-state index >= 15 is 0 Å². The van der Waals surface area contributed by atoms with Gasteiger partial charge in [-0.1, -0.05) is 23.7 Å². The normalized spacial score (nSPS) is 16.3. The topological polar surface area (TPSA) is 71.1 Å². The second-order valence-electron chi connectivity index (χ2n) is 6.83. The molecule has 6 nitrogen and oxygen atoms in total. The van der Waals surface area contributed by atoms with Crippen LogP contribution in [0.3, 0.4) is 0 Å². The van der Waals surface area contributed by atoms with E-state index < -0.39 is 0 Å². The van der Waals surface area contributed by atoms with Crippen molar-refractivity contribution in [3.8, 4) is 5.75 Å². The Balaban J connectivity index is 1.31. The van der Waals surface area contributed by atoms with Crippen LogP contribution in [0.5, 0.6) is 5.75 Å². The van der Waals surface area contributed by atoms with E-state index in [0.717, 1.165) is 24.4 Å². The highest BCUT2D eigenvalue weighted by Gasteiger charge is 2.29. The van der Waals surface area contributed by atoms with Gasteiger partial charge in [0.15, 0.2) is 0 Å². The molecule has 3 heterocycles. The van der Waals surface area contributed by atoms with Gasteiger partial charge in [0, 0.05) is 43.5 Å². The number of para-hydroxylation sites is 1. The molecular weight excluding hydrogens is 376 g/mol. The lowest BCUT2D eigenvalue weighted by atomic mass is 10.0. The summed E-state index contributed by atoms with van der Waals surface area (Å²) >= 11 is 6.10. The molecule has 1 aliphatic rings. The van der Waals surface area contributed by atoms with Crippen molar-refractivity contribution in [2.45, 2.75) is 18.8 Å². The number of aromatic amines is 1. The first-order valence-corrected chi connectivity index (χ1v) is 9.69. The summed E-state index contributed by atoms with van der Waals surface area (Å²) in [5.41, 5.74) is 2.64. The first kappa shape index (κ1) is 18.5. The molecule has 3 aromatic rings. The Morgan fingerprint density at radius 3 is 3.00 bits per heavy atom. The largest absolute Gasteiger partial charge is 0.492 e. The summed E-state index contributed by atoms with van der Waals surface area (Å²) in [6.45, 7) is 1.92. The van der Waals surface area contributed by atoms with Gasteiger partial charge < -0.3 is 9.64 Å². The summed E-state index contributed by atoms with van der Waals surface area (Å²) < 4.78 is 5.73. The maximum atomic E-state index is 12.6. The Morgan fingerprint density at radius 1 is 1.29 bits per heavy atom. The standard InChI is InChI=1S/C21H21ClN4O2/c22-18-5-1-2-6-20(18)28-11-8-17-12-19(25-24-17)16-7-10-26(14-16)21(27)15-4-3-9-23-13-15/h1-6,9,12-13,16H,7-8,10-11,14H2,(H,24,25)/t16-/m0/s1. The van der Waals surface area contributed by atoms with E-state index in [9.17, 15) is 4.79 Å². The Hall–Kier alpha value is -2.86. The Kier molecular flexibility index (Phi) is 5.58. The lowest BCUT2D eigenvalue weighted by molar-refractivity contribution is 0.0790. The highest BCUT2D eigenvalue weighted by molar-refractivity contribution is 6.32. The van der Waals surface area contributed by atoms with E-state index in [1.165, 1.54) is 0 Å². The number of rotatable bonds is 6. The molecule has 0 unspecified atom stereocenters. The quantitative estimate of drug-likeness (QED) is 0.689. The maximum absolute atomic E-state index is 12.6. The lowest BCUT2D eigenvalue weighted by Crippen LogP contribution is -2.28. The van der Waals surface area contributed by atoms with Crippen LogP contribution in [-0.4, -0.2) is 45.7 Å². The zero-order valence-electron chi connectivity index (χ0n) is 15.3. The molecule has 0 radical (unpaired) electrons. The highest BCUT2D eigenvalue weighted by Crippen LogP contribution is 2.27. The molecule has 1 atom stereocenters. The summed E-state index contributed by atoms with van der Waals surface area (Å²) in [5, 5.41) is 8.14.